The van der Waals surface area contributed by atoms with Gasteiger partial charge < -0.3 is 74.1 Å². The Morgan fingerprint density at radius 3 is 2.15 bits per heavy atom. The molecule has 10 atom stereocenters. The van der Waals surface area contributed by atoms with Gasteiger partial charge in [-0.15, -0.1) is 0 Å². The van der Waals surface area contributed by atoms with E-state index in [0.29, 0.717) is 5.56 Å². The van der Waals surface area contributed by atoms with Crippen molar-refractivity contribution in [3.63, 3.8) is 0 Å². The van der Waals surface area contributed by atoms with Gasteiger partial charge in [0.05, 0.1) is 6.61 Å². The van der Waals surface area contributed by atoms with Crippen molar-refractivity contribution in [3.8, 4) is 34.3 Å². The van der Waals surface area contributed by atoms with Gasteiger partial charge in [0.2, 0.25) is 12.0 Å². The molecule has 0 bridgehead atoms. The summed E-state index contributed by atoms with van der Waals surface area (Å²) in [5.74, 6) is -2.94. The number of ether oxygens (including phenoxy) is 5. The quantitative estimate of drug-likeness (QED) is 0.0954. The number of carbonyl (C=O) groups excluding carboxylic acids is 1. The van der Waals surface area contributed by atoms with Crippen LogP contribution in [0.4, 0.5) is 0 Å². The summed E-state index contributed by atoms with van der Waals surface area (Å²) in [7, 11) is 0. The number of fused-ring (bicyclic) bond motifs is 1. The predicted octanol–water partition coefficient (Wildman–Crippen LogP) is -1.85. The summed E-state index contributed by atoms with van der Waals surface area (Å²) in [6.07, 6.45) is -17.7. The van der Waals surface area contributed by atoms with Crippen molar-refractivity contribution < 1.29 is 78.9 Å². The van der Waals surface area contributed by atoms with Crippen molar-refractivity contribution in [2.24, 2.45) is 0 Å². The van der Waals surface area contributed by atoms with Crippen LogP contribution in [0.25, 0.3) is 22.3 Å². The van der Waals surface area contributed by atoms with Crippen LogP contribution < -0.4 is 10.2 Å². The molecule has 3 heterocycles. The first-order chi connectivity index (χ1) is 21.8. The molecule has 9 N–H and O–H groups in total. The van der Waals surface area contributed by atoms with Gasteiger partial charge in [-0.25, -0.2) is 0 Å². The van der Waals surface area contributed by atoms with Crippen LogP contribution in [-0.4, -0.2) is 127 Å². The van der Waals surface area contributed by atoms with Crippen LogP contribution in [0.15, 0.2) is 45.6 Å². The van der Waals surface area contributed by atoms with Gasteiger partial charge in [-0.3, -0.25) is 9.59 Å². The van der Waals surface area contributed by atoms with Gasteiger partial charge in [0.1, 0.15) is 72.0 Å². The molecule has 2 aromatic carbocycles. The molecule has 1 aromatic heterocycles. The maximum Gasteiger partial charge on any atom is 0.302 e. The van der Waals surface area contributed by atoms with E-state index in [9.17, 15) is 55.5 Å². The number of esters is 1. The maximum atomic E-state index is 12.9. The van der Waals surface area contributed by atoms with Crippen molar-refractivity contribution in [3.05, 3.63) is 46.6 Å². The van der Waals surface area contributed by atoms with Gasteiger partial charge in [0, 0.05) is 24.6 Å². The highest BCUT2D eigenvalue weighted by Crippen LogP contribution is 2.42. The summed E-state index contributed by atoms with van der Waals surface area (Å²) < 4.78 is 33.0. The van der Waals surface area contributed by atoms with Crippen molar-refractivity contribution in [2.45, 2.75) is 68.3 Å². The monoisotopic (exact) mass is 652 g/mol. The van der Waals surface area contributed by atoms with Gasteiger partial charge >= 0.3 is 5.97 Å². The molecule has 0 amide bonds. The topological polar surface area (TPSA) is 275 Å². The van der Waals surface area contributed by atoms with Crippen LogP contribution in [0, 0.1) is 0 Å². The van der Waals surface area contributed by atoms with E-state index in [-0.39, 0.29) is 11.5 Å². The first-order valence-electron chi connectivity index (χ1n) is 13.9. The van der Waals surface area contributed by atoms with Crippen LogP contribution in [0.5, 0.6) is 23.0 Å². The lowest BCUT2D eigenvalue weighted by Crippen LogP contribution is -2.65. The minimum Gasteiger partial charge on any atom is -0.508 e. The van der Waals surface area contributed by atoms with E-state index in [0.717, 1.165) is 19.1 Å². The summed E-state index contributed by atoms with van der Waals surface area (Å²) in [6.45, 7) is -0.298. The Morgan fingerprint density at radius 1 is 0.848 bits per heavy atom. The number of aromatic hydroxyl groups is 3. The van der Waals surface area contributed by atoms with Crippen molar-refractivity contribution in [1.82, 2.24) is 0 Å². The molecular weight excluding hydrogens is 620 g/mol. The highest BCUT2D eigenvalue weighted by molar-refractivity contribution is 5.91. The van der Waals surface area contributed by atoms with E-state index >= 15 is 0 Å². The maximum absolute atomic E-state index is 12.9. The zero-order valence-electron chi connectivity index (χ0n) is 23.9. The van der Waals surface area contributed by atoms with Gasteiger partial charge in [0.15, 0.2) is 29.2 Å². The molecule has 5 rings (SSSR count). The lowest BCUT2D eigenvalue weighted by molar-refractivity contribution is -0.358. The number of carbonyl (C=O) groups is 1. The second kappa shape index (κ2) is 13.4. The molecule has 0 saturated carbocycles. The number of benzene rings is 2. The normalized spacial score (nSPS) is 31.5. The smallest absolute Gasteiger partial charge is 0.302 e. The Balaban J connectivity index is 1.49. The first kappa shape index (κ1) is 33.3. The molecular formula is C29H32O17. The highest BCUT2D eigenvalue weighted by atomic mass is 16.8. The third-order valence-corrected chi connectivity index (χ3v) is 7.55. The summed E-state index contributed by atoms with van der Waals surface area (Å²) in [5, 5.41) is 93.3. The molecule has 46 heavy (non-hydrogen) atoms. The average Bonchev–Trinajstić information content (AvgIpc) is 3.02. The minimum atomic E-state index is -1.95. The average molecular weight is 653 g/mol. The molecule has 2 fully saturated rings. The second-order valence-corrected chi connectivity index (χ2v) is 10.7. The summed E-state index contributed by atoms with van der Waals surface area (Å²) in [6, 6.07) is 7.43. The molecule has 3 aromatic rings. The minimum absolute atomic E-state index is 0.0501. The van der Waals surface area contributed by atoms with Crippen LogP contribution in [0.2, 0.25) is 0 Å². The standard InChI is InChI=1S/C29H32O17/c1-10(31)41-9-18-21(36)23(38)25(40)28(45-18)46-27-24(39)20(35)17(8-30)44-29(27)43-16-7-14(34)19-13(33)6-15(42-26(19)22(16)37)11-2-4-12(32)5-3-11/h2-7,17-18,20-21,23-25,27-30,32,34-40H,8-9H2,1H3/t17-,18+,20-,21-,23-,24+,25-,27-,28+,29+/m0/s1. The van der Waals surface area contributed by atoms with Crippen LogP contribution >= 0.6 is 0 Å². The first-order valence-corrected chi connectivity index (χ1v) is 13.9. The number of aliphatic hydroxyl groups excluding tert-OH is 6. The number of hydrogen-bond donors (Lipinski definition) is 9. The van der Waals surface area contributed by atoms with Crippen LogP contribution in [-0.2, 0) is 23.7 Å². The van der Waals surface area contributed by atoms with E-state index in [1.54, 1.807) is 0 Å². The van der Waals surface area contributed by atoms with Crippen LogP contribution in [0.3, 0.4) is 0 Å². The van der Waals surface area contributed by atoms with E-state index in [1.165, 1.54) is 24.3 Å². The number of phenolic OH excluding ortho intramolecular Hbond substituents is 3. The third kappa shape index (κ3) is 6.45. The highest BCUT2D eigenvalue weighted by Gasteiger charge is 2.51. The molecule has 0 spiro atoms. The fourth-order valence-corrected chi connectivity index (χ4v) is 5.08. The van der Waals surface area contributed by atoms with Gasteiger partial charge in [0.25, 0.3) is 0 Å². The Kier molecular flexibility index (Phi) is 9.68. The Hall–Kier alpha value is -4.04. The lowest BCUT2D eigenvalue weighted by atomic mass is 9.97. The molecule has 0 aliphatic carbocycles. The molecule has 250 valence electrons. The van der Waals surface area contributed by atoms with Gasteiger partial charge in [-0.1, -0.05) is 0 Å². The summed E-state index contributed by atoms with van der Waals surface area (Å²) in [4.78, 5) is 24.1. The fraction of sp³-hybridized carbons (Fsp3) is 0.448. The number of hydrogen-bond acceptors (Lipinski definition) is 17. The summed E-state index contributed by atoms with van der Waals surface area (Å²) in [5.41, 5.74) is -0.931. The molecule has 2 aliphatic heterocycles. The summed E-state index contributed by atoms with van der Waals surface area (Å²) >= 11 is 0. The van der Waals surface area contributed by atoms with Crippen molar-refractivity contribution in [2.75, 3.05) is 13.2 Å². The van der Waals surface area contributed by atoms with Gasteiger partial charge in [-0.05, 0) is 24.3 Å². The van der Waals surface area contributed by atoms with E-state index < -0.39 is 114 Å². The number of rotatable bonds is 8. The lowest BCUT2D eigenvalue weighted by Gasteiger charge is -2.45. The molecule has 2 aliphatic rings. The van der Waals surface area contributed by atoms with E-state index in [2.05, 4.69) is 0 Å². The van der Waals surface area contributed by atoms with E-state index in [1.807, 2.05) is 0 Å². The fourth-order valence-electron chi connectivity index (χ4n) is 5.08. The van der Waals surface area contributed by atoms with E-state index in [4.69, 9.17) is 28.1 Å². The third-order valence-electron chi connectivity index (χ3n) is 7.55. The Bertz CT molecular complexity index is 1610. The SMILES string of the molecule is CC(=O)OC[C@H]1O[C@H](O[C@@H]2[C@H](Oc3cc(O)c4c(=O)cc(-c5ccc(O)cc5)oc4c3O)O[C@@H](CO)[C@H](O)[C@H]2O)[C@@H](O)[C@@H](O)[C@H]1O. The molecule has 2 saturated heterocycles. The Labute approximate surface area is 258 Å². The van der Waals surface area contributed by atoms with Gasteiger partial charge in [-0.2, -0.15) is 0 Å². The number of phenols is 3. The Morgan fingerprint density at radius 2 is 1.50 bits per heavy atom. The molecule has 17 heteroatoms. The molecule has 17 nitrogen and oxygen atoms in total. The largest absolute Gasteiger partial charge is 0.508 e. The molecule has 0 radical (unpaired) electrons. The predicted molar refractivity (Wildman–Crippen MR) is 149 cm³/mol. The van der Waals surface area contributed by atoms with Crippen LogP contribution in [0.1, 0.15) is 6.92 Å². The zero-order chi connectivity index (χ0) is 33.4. The second-order valence-electron chi connectivity index (χ2n) is 10.7. The number of aliphatic hydroxyl groups is 6. The zero-order valence-corrected chi connectivity index (χ0v) is 23.9. The molecule has 0 unspecified atom stereocenters. The van der Waals surface area contributed by atoms with Crippen molar-refractivity contribution >= 4 is 16.9 Å². The van der Waals surface area contributed by atoms with Crippen molar-refractivity contribution in [1.29, 1.82) is 0 Å².